The molecule has 2 nitrogen and oxygen atoms in total. The molecule has 0 bridgehead atoms. The molecular formula is C6H17NOSi. The second-order valence-corrected chi connectivity index (χ2v) is 5.01. The number of hydrogen-bond acceptors (Lipinski definition) is 1. The third-order valence-electron chi connectivity index (χ3n) is 1.78. The standard InChI is InChI=1S/C6H17NOSi/c1-4-7(8,5-2)9-6-3/h4-6,9H2,1-3H3. The van der Waals surface area contributed by atoms with Gasteiger partial charge in [0.2, 0.25) is 0 Å². The van der Waals surface area contributed by atoms with Crippen molar-refractivity contribution in [3.63, 3.8) is 0 Å². The van der Waals surface area contributed by atoms with Crippen molar-refractivity contribution in [1.29, 1.82) is 0 Å². The Labute approximate surface area is 59.9 Å². The van der Waals surface area contributed by atoms with Crippen LogP contribution in [0.3, 0.4) is 0 Å². The highest BCUT2D eigenvalue weighted by Crippen LogP contribution is 2.01. The number of nitrogens with zero attached hydrogens (tertiary/aromatic N) is 1. The van der Waals surface area contributed by atoms with Crippen LogP contribution in [0, 0.1) is 5.21 Å². The van der Waals surface area contributed by atoms with Crippen LogP contribution < -0.4 is 0 Å². The highest BCUT2D eigenvalue weighted by Gasteiger charge is 2.08. The molecule has 0 saturated carbocycles. The van der Waals surface area contributed by atoms with E-state index >= 15 is 0 Å². The Morgan fingerprint density at radius 2 is 1.67 bits per heavy atom. The molecule has 56 valence electrons. The largest absolute Gasteiger partial charge is 0.653 e. The molecule has 0 aliphatic rings. The monoisotopic (exact) mass is 147 g/mol. The maximum Gasteiger partial charge on any atom is 0.254 e. The van der Waals surface area contributed by atoms with Gasteiger partial charge in [0.25, 0.3) is 9.68 Å². The van der Waals surface area contributed by atoms with E-state index in [1.54, 1.807) is 0 Å². The highest BCUT2D eigenvalue weighted by molar-refractivity contribution is 6.26. The normalized spacial score (nSPS) is 13.3. The summed E-state index contributed by atoms with van der Waals surface area (Å²) in [6.45, 7) is 7.63. The molecule has 0 fully saturated rings. The minimum atomic E-state index is -0.379. The number of hydroxylamine groups is 2. The van der Waals surface area contributed by atoms with Gasteiger partial charge < -0.3 is 9.52 Å². The molecule has 0 aromatic heterocycles. The summed E-state index contributed by atoms with van der Waals surface area (Å²) >= 11 is 0. The number of quaternary nitrogens is 1. The Hall–Kier alpha value is 0.137. The molecule has 0 amide bonds. The molecule has 0 aromatic carbocycles. The second kappa shape index (κ2) is 4.03. The summed E-state index contributed by atoms with van der Waals surface area (Å²) in [7, 11) is -0.379. The average molecular weight is 147 g/mol. The van der Waals surface area contributed by atoms with Crippen LogP contribution >= 0.6 is 0 Å². The maximum absolute atomic E-state index is 11.4. The van der Waals surface area contributed by atoms with E-state index in [-0.39, 0.29) is 14.0 Å². The maximum atomic E-state index is 11.4. The van der Waals surface area contributed by atoms with E-state index < -0.39 is 0 Å². The summed E-state index contributed by atoms with van der Waals surface area (Å²) < 4.78 is 0.122. The lowest BCUT2D eigenvalue weighted by molar-refractivity contribution is -0.765. The first kappa shape index (κ1) is 9.14. The molecule has 0 aliphatic carbocycles. The lowest BCUT2D eigenvalue weighted by Gasteiger charge is -2.42. The predicted molar refractivity (Wildman–Crippen MR) is 43.7 cm³/mol. The van der Waals surface area contributed by atoms with Crippen LogP contribution in [0.1, 0.15) is 20.8 Å². The second-order valence-electron chi connectivity index (χ2n) is 2.41. The third-order valence-corrected chi connectivity index (χ3v) is 3.94. The van der Waals surface area contributed by atoms with Gasteiger partial charge in [-0.2, -0.15) is 0 Å². The van der Waals surface area contributed by atoms with Gasteiger partial charge in [-0.1, -0.05) is 6.92 Å². The first-order chi connectivity index (χ1) is 4.18. The van der Waals surface area contributed by atoms with Crippen molar-refractivity contribution in [2.45, 2.75) is 26.8 Å². The highest BCUT2D eigenvalue weighted by atomic mass is 28.2. The van der Waals surface area contributed by atoms with E-state index in [2.05, 4.69) is 6.92 Å². The van der Waals surface area contributed by atoms with Crippen LogP contribution in [0.5, 0.6) is 0 Å². The fourth-order valence-electron chi connectivity index (χ4n) is 0.947. The molecular weight excluding hydrogens is 130 g/mol. The first-order valence-corrected chi connectivity index (χ1v) is 5.39. The topological polar surface area (TPSA) is 23.1 Å². The molecule has 0 unspecified atom stereocenters. The quantitative estimate of drug-likeness (QED) is 0.427. The van der Waals surface area contributed by atoms with Gasteiger partial charge in [-0.15, -0.1) is 0 Å². The minimum absolute atomic E-state index is 0.122. The van der Waals surface area contributed by atoms with Crippen LogP contribution in [0.4, 0.5) is 0 Å². The lowest BCUT2D eigenvalue weighted by Crippen LogP contribution is -2.44. The molecule has 0 N–H and O–H groups in total. The number of rotatable bonds is 4. The molecule has 0 heterocycles. The van der Waals surface area contributed by atoms with Crippen molar-refractivity contribution in [3.05, 3.63) is 5.21 Å². The average Bonchev–Trinajstić information content (AvgIpc) is 1.89. The Balaban J connectivity index is 3.62. The molecule has 9 heavy (non-hydrogen) atoms. The van der Waals surface area contributed by atoms with Gasteiger partial charge in [-0.3, -0.25) is 0 Å². The Morgan fingerprint density at radius 1 is 1.22 bits per heavy atom. The van der Waals surface area contributed by atoms with Crippen molar-refractivity contribution in [2.75, 3.05) is 13.1 Å². The van der Waals surface area contributed by atoms with Crippen molar-refractivity contribution >= 4 is 9.68 Å². The molecule has 0 aromatic rings. The van der Waals surface area contributed by atoms with E-state index in [4.69, 9.17) is 0 Å². The SMILES string of the molecule is CC[SiH2][N+]([O-])(CC)CC. The summed E-state index contributed by atoms with van der Waals surface area (Å²) in [6, 6.07) is 1.13. The van der Waals surface area contributed by atoms with Crippen LogP contribution in [0.25, 0.3) is 0 Å². The summed E-state index contributed by atoms with van der Waals surface area (Å²) in [4.78, 5) is 0. The van der Waals surface area contributed by atoms with E-state index in [0.717, 1.165) is 19.1 Å². The Kier molecular flexibility index (Phi) is 4.09. The van der Waals surface area contributed by atoms with Crippen LogP contribution in [0.15, 0.2) is 0 Å². The fourth-order valence-corrected chi connectivity index (χ4v) is 2.39. The molecule has 3 heteroatoms. The van der Waals surface area contributed by atoms with Crippen molar-refractivity contribution < 1.29 is 4.31 Å². The molecule has 0 rings (SSSR count). The molecule has 0 aliphatic heterocycles. The molecule has 0 spiro atoms. The Bertz CT molecular complexity index is 73.5. The van der Waals surface area contributed by atoms with Gasteiger partial charge in [0.05, 0.1) is 13.1 Å². The number of hydrogen-bond donors (Lipinski definition) is 0. The fraction of sp³-hybridized carbons (Fsp3) is 1.00. The summed E-state index contributed by atoms with van der Waals surface area (Å²) in [5, 5.41) is 11.4. The summed E-state index contributed by atoms with van der Waals surface area (Å²) in [5.74, 6) is 0. The summed E-state index contributed by atoms with van der Waals surface area (Å²) in [6.07, 6.45) is 0. The zero-order chi connectivity index (χ0) is 7.33. The predicted octanol–water partition coefficient (Wildman–Crippen LogP) is 0.863. The molecule has 0 radical (unpaired) electrons. The first-order valence-electron chi connectivity index (χ1n) is 3.75. The van der Waals surface area contributed by atoms with Gasteiger partial charge in [0.1, 0.15) is 0 Å². The minimum Gasteiger partial charge on any atom is -0.653 e. The van der Waals surface area contributed by atoms with Gasteiger partial charge in [-0.25, -0.2) is 0 Å². The van der Waals surface area contributed by atoms with E-state index in [9.17, 15) is 5.21 Å². The van der Waals surface area contributed by atoms with Gasteiger partial charge in [-0.05, 0) is 19.9 Å². The van der Waals surface area contributed by atoms with E-state index in [0.29, 0.717) is 0 Å². The molecule has 0 atom stereocenters. The summed E-state index contributed by atoms with van der Waals surface area (Å²) in [5.41, 5.74) is 0. The van der Waals surface area contributed by atoms with Gasteiger partial charge >= 0.3 is 0 Å². The van der Waals surface area contributed by atoms with Crippen LogP contribution in [-0.2, 0) is 0 Å². The molecule has 0 saturated heterocycles. The van der Waals surface area contributed by atoms with Gasteiger partial charge in [0.15, 0.2) is 0 Å². The van der Waals surface area contributed by atoms with Gasteiger partial charge in [0, 0.05) is 0 Å². The third kappa shape index (κ3) is 2.98. The van der Waals surface area contributed by atoms with Crippen molar-refractivity contribution in [3.8, 4) is 0 Å². The van der Waals surface area contributed by atoms with Crippen LogP contribution in [-0.4, -0.2) is 27.1 Å². The zero-order valence-electron chi connectivity index (χ0n) is 6.68. The van der Waals surface area contributed by atoms with E-state index in [1.165, 1.54) is 0 Å². The smallest absolute Gasteiger partial charge is 0.254 e. The Morgan fingerprint density at radius 3 is 1.78 bits per heavy atom. The lowest BCUT2D eigenvalue weighted by atomic mass is 10.6. The van der Waals surface area contributed by atoms with Crippen molar-refractivity contribution in [1.82, 2.24) is 0 Å². The van der Waals surface area contributed by atoms with Crippen molar-refractivity contribution in [2.24, 2.45) is 0 Å². The van der Waals surface area contributed by atoms with E-state index in [1.807, 2.05) is 13.8 Å². The zero-order valence-corrected chi connectivity index (χ0v) is 8.10. The van der Waals surface area contributed by atoms with Crippen LogP contribution in [0.2, 0.25) is 6.04 Å².